The first-order valence-corrected chi connectivity index (χ1v) is 7.42. The SMILES string of the molecule is CN(C(=O)C(C)(C)CCl)C1CCCc2ccccc21. The van der Waals surface area contributed by atoms with Gasteiger partial charge < -0.3 is 4.90 Å². The Morgan fingerprint density at radius 3 is 2.79 bits per heavy atom. The van der Waals surface area contributed by atoms with Crippen molar-refractivity contribution in [2.24, 2.45) is 5.41 Å². The molecule has 1 atom stereocenters. The van der Waals surface area contributed by atoms with Crippen LogP contribution in [0.5, 0.6) is 0 Å². The van der Waals surface area contributed by atoms with Crippen LogP contribution in [0.1, 0.15) is 43.9 Å². The number of aryl methyl sites for hydroxylation is 1. The molecule has 0 N–H and O–H groups in total. The highest BCUT2D eigenvalue weighted by Crippen LogP contribution is 2.35. The zero-order valence-electron chi connectivity index (χ0n) is 11.9. The van der Waals surface area contributed by atoms with E-state index in [4.69, 9.17) is 11.6 Å². The highest BCUT2D eigenvalue weighted by molar-refractivity contribution is 6.19. The Labute approximate surface area is 120 Å². The lowest BCUT2D eigenvalue weighted by Crippen LogP contribution is -2.42. The zero-order valence-corrected chi connectivity index (χ0v) is 12.7. The fourth-order valence-corrected chi connectivity index (χ4v) is 2.92. The Hall–Kier alpha value is -1.02. The van der Waals surface area contributed by atoms with Crippen LogP contribution >= 0.6 is 11.6 Å². The van der Waals surface area contributed by atoms with Crippen molar-refractivity contribution in [1.29, 1.82) is 0 Å². The molecule has 19 heavy (non-hydrogen) atoms. The summed E-state index contributed by atoms with van der Waals surface area (Å²) in [6, 6.07) is 8.65. The average molecular weight is 280 g/mol. The first-order valence-electron chi connectivity index (χ1n) is 6.88. The van der Waals surface area contributed by atoms with E-state index in [2.05, 4.69) is 24.3 Å². The summed E-state index contributed by atoms with van der Waals surface area (Å²) in [7, 11) is 1.91. The van der Waals surface area contributed by atoms with Crippen LogP contribution < -0.4 is 0 Å². The van der Waals surface area contributed by atoms with Gasteiger partial charge in [0.15, 0.2) is 0 Å². The molecule has 1 aromatic rings. The van der Waals surface area contributed by atoms with Crippen LogP contribution in [0.3, 0.4) is 0 Å². The summed E-state index contributed by atoms with van der Waals surface area (Å²) >= 11 is 5.92. The monoisotopic (exact) mass is 279 g/mol. The number of rotatable bonds is 3. The molecule has 0 aromatic heterocycles. The molecular formula is C16H22ClNO. The first-order chi connectivity index (χ1) is 8.97. The Bertz CT molecular complexity index is 470. The van der Waals surface area contributed by atoms with E-state index in [0.717, 1.165) is 19.3 Å². The predicted molar refractivity (Wildman–Crippen MR) is 79.4 cm³/mol. The van der Waals surface area contributed by atoms with Gasteiger partial charge >= 0.3 is 0 Å². The normalized spacial score (nSPS) is 18.8. The van der Waals surface area contributed by atoms with E-state index in [0.29, 0.717) is 5.88 Å². The van der Waals surface area contributed by atoms with Gasteiger partial charge in [0.1, 0.15) is 0 Å². The Kier molecular flexibility index (Phi) is 4.19. The van der Waals surface area contributed by atoms with Crippen molar-refractivity contribution in [3.05, 3.63) is 35.4 Å². The Morgan fingerprint density at radius 2 is 2.11 bits per heavy atom. The number of hydrogen-bond donors (Lipinski definition) is 0. The molecule has 0 saturated carbocycles. The summed E-state index contributed by atoms with van der Waals surface area (Å²) in [6.07, 6.45) is 3.30. The minimum atomic E-state index is -0.497. The predicted octanol–water partition coefficient (Wildman–Crippen LogP) is 3.79. The maximum absolute atomic E-state index is 12.5. The van der Waals surface area contributed by atoms with Crippen molar-refractivity contribution >= 4 is 17.5 Å². The lowest BCUT2D eigenvalue weighted by Gasteiger charge is -2.37. The highest BCUT2D eigenvalue weighted by atomic mass is 35.5. The summed E-state index contributed by atoms with van der Waals surface area (Å²) in [5.41, 5.74) is 2.18. The van der Waals surface area contributed by atoms with Crippen molar-refractivity contribution in [3.63, 3.8) is 0 Å². The molecule has 1 amide bonds. The van der Waals surface area contributed by atoms with E-state index in [1.807, 2.05) is 25.8 Å². The molecule has 1 aliphatic rings. The molecule has 1 unspecified atom stereocenters. The molecule has 3 heteroatoms. The van der Waals surface area contributed by atoms with Gasteiger partial charge in [0.25, 0.3) is 0 Å². The van der Waals surface area contributed by atoms with E-state index in [-0.39, 0.29) is 11.9 Å². The van der Waals surface area contributed by atoms with E-state index >= 15 is 0 Å². The largest absolute Gasteiger partial charge is 0.338 e. The quantitative estimate of drug-likeness (QED) is 0.771. The van der Waals surface area contributed by atoms with Crippen LogP contribution in [0, 0.1) is 5.41 Å². The number of amides is 1. The fraction of sp³-hybridized carbons (Fsp3) is 0.562. The van der Waals surface area contributed by atoms with Gasteiger partial charge in [-0.15, -0.1) is 11.6 Å². The molecule has 0 bridgehead atoms. The molecule has 2 rings (SSSR count). The van der Waals surface area contributed by atoms with Crippen molar-refractivity contribution in [1.82, 2.24) is 4.90 Å². The molecule has 0 heterocycles. The molecular weight excluding hydrogens is 258 g/mol. The average Bonchev–Trinajstić information content (AvgIpc) is 2.45. The van der Waals surface area contributed by atoms with Crippen LogP contribution in [0.2, 0.25) is 0 Å². The number of alkyl halides is 1. The van der Waals surface area contributed by atoms with Crippen LogP contribution in [0.15, 0.2) is 24.3 Å². The van der Waals surface area contributed by atoms with Crippen LogP contribution in [0.4, 0.5) is 0 Å². The van der Waals surface area contributed by atoms with Crippen LogP contribution in [0.25, 0.3) is 0 Å². The molecule has 0 radical (unpaired) electrons. The summed E-state index contributed by atoms with van der Waals surface area (Å²) in [6.45, 7) is 3.82. The van der Waals surface area contributed by atoms with Gasteiger partial charge in [-0.3, -0.25) is 4.79 Å². The lowest BCUT2D eigenvalue weighted by molar-refractivity contribution is -0.140. The van der Waals surface area contributed by atoms with Gasteiger partial charge in [0.2, 0.25) is 5.91 Å². The highest BCUT2D eigenvalue weighted by Gasteiger charge is 2.34. The number of fused-ring (bicyclic) bond motifs is 1. The molecule has 2 nitrogen and oxygen atoms in total. The number of carbonyl (C=O) groups excluding carboxylic acids is 1. The zero-order chi connectivity index (χ0) is 14.0. The summed E-state index contributed by atoms with van der Waals surface area (Å²) < 4.78 is 0. The molecule has 0 aliphatic heterocycles. The van der Waals surface area contributed by atoms with Gasteiger partial charge in [-0.2, -0.15) is 0 Å². The Morgan fingerprint density at radius 1 is 1.42 bits per heavy atom. The fourth-order valence-electron chi connectivity index (χ4n) is 2.81. The molecule has 0 fully saturated rings. The van der Waals surface area contributed by atoms with Crippen LogP contribution in [-0.4, -0.2) is 23.7 Å². The van der Waals surface area contributed by atoms with Crippen molar-refractivity contribution < 1.29 is 4.79 Å². The van der Waals surface area contributed by atoms with Gasteiger partial charge in [-0.05, 0) is 44.2 Å². The standard InChI is InChI=1S/C16H22ClNO/c1-16(2,11-17)15(19)18(3)14-10-6-8-12-7-4-5-9-13(12)14/h4-5,7,9,14H,6,8,10-11H2,1-3H3. The smallest absolute Gasteiger partial charge is 0.229 e. The second-order valence-electron chi connectivity index (χ2n) is 6.04. The summed E-state index contributed by atoms with van der Waals surface area (Å²) in [4.78, 5) is 14.4. The van der Waals surface area contributed by atoms with Gasteiger partial charge in [0.05, 0.1) is 11.5 Å². The third kappa shape index (κ3) is 2.79. The van der Waals surface area contributed by atoms with Gasteiger partial charge in [-0.1, -0.05) is 24.3 Å². The third-order valence-corrected chi connectivity index (χ3v) is 4.71. The lowest BCUT2D eigenvalue weighted by atomic mass is 9.85. The van der Waals surface area contributed by atoms with Crippen molar-refractivity contribution in [2.75, 3.05) is 12.9 Å². The number of carbonyl (C=O) groups is 1. The van der Waals surface area contributed by atoms with E-state index < -0.39 is 5.41 Å². The van der Waals surface area contributed by atoms with Crippen LogP contribution in [-0.2, 0) is 11.2 Å². The molecule has 1 aromatic carbocycles. The second-order valence-corrected chi connectivity index (χ2v) is 6.31. The second kappa shape index (κ2) is 5.54. The maximum atomic E-state index is 12.5. The molecule has 1 aliphatic carbocycles. The maximum Gasteiger partial charge on any atom is 0.229 e. The number of nitrogens with zero attached hydrogens (tertiary/aromatic N) is 1. The molecule has 0 saturated heterocycles. The third-order valence-electron chi connectivity index (χ3n) is 4.04. The van der Waals surface area contributed by atoms with E-state index in [9.17, 15) is 4.79 Å². The van der Waals surface area contributed by atoms with E-state index in [1.54, 1.807) is 0 Å². The Balaban J connectivity index is 2.26. The minimum Gasteiger partial charge on any atom is -0.338 e. The number of halogens is 1. The minimum absolute atomic E-state index is 0.129. The summed E-state index contributed by atoms with van der Waals surface area (Å²) in [5, 5.41) is 0. The first kappa shape index (κ1) is 14.4. The molecule has 0 spiro atoms. The van der Waals surface area contributed by atoms with E-state index in [1.165, 1.54) is 11.1 Å². The van der Waals surface area contributed by atoms with Crippen molar-refractivity contribution in [3.8, 4) is 0 Å². The topological polar surface area (TPSA) is 20.3 Å². The van der Waals surface area contributed by atoms with Crippen molar-refractivity contribution in [2.45, 2.75) is 39.2 Å². The molecule has 104 valence electrons. The van der Waals surface area contributed by atoms with Gasteiger partial charge in [-0.25, -0.2) is 0 Å². The van der Waals surface area contributed by atoms with Gasteiger partial charge in [0, 0.05) is 12.9 Å². The summed E-state index contributed by atoms with van der Waals surface area (Å²) in [5.74, 6) is 0.481. The number of hydrogen-bond acceptors (Lipinski definition) is 1. The number of benzene rings is 1.